The van der Waals surface area contributed by atoms with Gasteiger partial charge in [-0.25, -0.2) is 9.46 Å². The zero-order valence-electron chi connectivity index (χ0n) is 19.0. The first-order valence-corrected chi connectivity index (χ1v) is 12.6. The molecule has 1 N–H and O–H groups in total. The number of rotatable bonds is 6. The van der Waals surface area contributed by atoms with Crippen LogP contribution in [-0.2, 0) is 24.1 Å². The second-order valence-corrected chi connectivity index (χ2v) is 10.3. The molecule has 0 bridgehead atoms. The number of hydrogen-bond acceptors (Lipinski definition) is 7. The summed E-state index contributed by atoms with van der Waals surface area (Å²) in [6.07, 6.45) is 2.32. The number of fused-ring (bicyclic) bond motifs is 1. The number of benzene rings is 1. The van der Waals surface area contributed by atoms with E-state index in [4.69, 9.17) is 18.5 Å². The Morgan fingerprint density at radius 3 is 2.70 bits per heavy atom. The molecule has 178 valence electrons. The highest BCUT2D eigenvalue weighted by atomic mass is 31.2. The molecule has 3 aliphatic rings. The lowest BCUT2D eigenvalue weighted by molar-refractivity contribution is -0.0539. The molecule has 0 aliphatic carbocycles. The van der Waals surface area contributed by atoms with E-state index in [2.05, 4.69) is 28.7 Å². The van der Waals surface area contributed by atoms with Crippen LogP contribution in [0.3, 0.4) is 0 Å². The molecule has 1 aromatic heterocycles. The van der Waals surface area contributed by atoms with Crippen LogP contribution in [0.25, 0.3) is 0 Å². The highest BCUT2D eigenvalue weighted by Gasteiger charge is 2.57. The summed E-state index contributed by atoms with van der Waals surface area (Å²) in [5.41, 5.74) is -0.302. The molecule has 9 nitrogen and oxygen atoms in total. The molecule has 4 heterocycles. The van der Waals surface area contributed by atoms with E-state index in [1.807, 2.05) is 25.1 Å². The first-order valence-electron chi connectivity index (χ1n) is 11.4. The molecule has 0 saturated carbocycles. The van der Waals surface area contributed by atoms with E-state index < -0.39 is 43.8 Å². The molecule has 3 fully saturated rings. The number of H-pyrrole nitrogens is 1. The Morgan fingerprint density at radius 2 is 2.00 bits per heavy atom. The second-order valence-electron chi connectivity index (χ2n) is 8.88. The quantitative estimate of drug-likeness (QED) is 0.642. The molecule has 33 heavy (non-hydrogen) atoms. The Labute approximate surface area is 193 Å². The Bertz CT molecular complexity index is 1090. The van der Waals surface area contributed by atoms with E-state index in [0.29, 0.717) is 6.42 Å². The van der Waals surface area contributed by atoms with Gasteiger partial charge in [0.15, 0.2) is 6.23 Å². The average molecular weight is 475 g/mol. The van der Waals surface area contributed by atoms with E-state index >= 15 is 0 Å². The van der Waals surface area contributed by atoms with Crippen molar-refractivity contribution in [3.8, 4) is 0 Å². The maximum atomic E-state index is 12.4. The number of methoxy groups -OCH3 is 1. The van der Waals surface area contributed by atoms with Crippen LogP contribution in [-0.4, -0.2) is 52.2 Å². The number of hydrogen-bond donors (Lipinski definition) is 1. The molecule has 3 aliphatic heterocycles. The molecule has 1 unspecified atom stereocenters. The molecular weight excluding hydrogens is 445 g/mol. The largest absolute Gasteiger partial charge is 0.374 e. The predicted octanol–water partition coefficient (Wildman–Crippen LogP) is 2.88. The van der Waals surface area contributed by atoms with Crippen molar-refractivity contribution in [1.29, 1.82) is 0 Å². The van der Waals surface area contributed by atoms with Crippen molar-refractivity contribution in [2.24, 2.45) is 0 Å². The number of nitrogens with zero attached hydrogens (tertiary/aromatic N) is 2. The fourth-order valence-electron chi connectivity index (χ4n) is 5.25. The van der Waals surface area contributed by atoms with Gasteiger partial charge in [-0.2, -0.15) is 0 Å². The van der Waals surface area contributed by atoms with E-state index in [0.717, 1.165) is 24.9 Å². The van der Waals surface area contributed by atoms with Gasteiger partial charge in [0.25, 0.3) is 14.1 Å². The standard InChI is InChI=1S/C23H30N3O6P/c1-4-16-19(20(29-3)21(30-16)25-14-12-18(27)24-22(25)28)31-33-26-13-8-11-17(26)23(2,32-33)15-9-6-5-7-10-15/h5-7,9-10,12,14,16-17,19-21H,4,8,11,13H2,1-3H3,(H,24,27,28)/t16-,17+,19+,20?,21-,23-,33+/m1/s1. The van der Waals surface area contributed by atoms with Crippen LogP contribution in [0.5, 0.6) is 0 Å². The fourth-order valence-corrected chi connectivity index (χ4v) is 7.40. The van der Waals surface area contributed by atoms with Crippen LogP contribution in [0.1, 0.15) is 44.9 Å². The highest BCUT2D eigenvalue weighted by Crippen LogP contribution is 2.64. The summed E-state index contributed by atoms with van der Waals surface area (Å²) in [5.74, 6) is 0. The SMILES string of the molecule is CC[C@H]1O[C@@H](n2ccc(=O)[nH]c2=O)C(OC)[C@H]1O[P@@]1O[C@](C)(c2ccccc2)[C@@H]2CCCN21. The van der Waals surface area contributed by atoms with Crippen molar-refractivity contribution in [1.82, 2.24) is 14.2 Å². The predicted molar refractivity (Wildman–Crippen MR) is 123 cm³/mol. The maximum Gasteiger partial charge on any atom is 0.330 e. The molecule has 2 aromatic rings. The van der Waals surface area contributed by atoms with Gasteiger partial charge >= 0.3 is 5.69 Å². The lowest BCUT2D eigenvalue weighted by atomic mass is 9.87. The molecule has 5 rings (SSSR count). The normalized spacial score (nSPS) is 36.3. The van der Waals surface area contributed by atoms with Gasteiger partial charge in [0.05, 0.1) is 12.1 Å². The molecule has 10 heteroatoms. The summed E-state index contributed by atoms with van der Waals surface area (Å²) in [6.45, 7) is 5.08. The smallest absolute Gasteiger partial charge is 0.330 e. The van der Waals surface area contributed by atoms with Crippen LogP contribution >= 0.6 is 8.53 Å². The van der Waals surface area contributed by atoms with Gasteiger partial charge in [0.1, 0.15) is 17.8 Å². The van der Waals surface area contributed by atoms with Crippen molar-refractivity contribution in [3.63, 3.8) is 0 Å². The van der Waals surface area contributed by atoms with E-state index in [-0.39, 0.29) is 12.1 Å². The van der Waals surface area contributed by atoms with Gasteiger partial charge in [0, 0.05) is 25.9 Å². The van der Waals surface area contributed by atoms with E-state index in [1.165, 1.54) is 16.8 Å². The van der Waals surface area contributed by atoms with Crippen LogP contribution < -0.4 is 11.2 Å². The summed E-state index contributed by atoms with van der Waals surface area (Å²) in [6, 6.07) is 11.9. The number of aromatic nitrogens is 2. The number of ether oxygens (including phenoxy) is 2. The molecule has 0 amide bonds. The summed E-state index contributed by atoms with van der Waals surface area (Å²) in [7, 11) is 0.240. The molecule has 7 atom stereocenters. The summed E-state index contributed by atoms with van der Waals surface area (Å²) >= 11 is 0. The van der Waals surface area contributed by atoms with Gasteiger partial charge in [-0.3, -0.25) is 14.3 Å². The fraction of sp³-hybridized carbons (Fsp3) is 0.565. The van der Waals surface area contributed by atoms with Crippen LogP contribution in [0.15, 0.2) is 52.2 Å². The number of nitrogens with one attached hydrogen (secondary N) is 1. The van der Waals surface area contributed by atoms with E-state index in [1.54, 1.807) is 7.11 Å². The first-order chi connectivity index (χ1) is 16.0. The Kier molecular flexibility index (Phi) is 6.29. The van der Waals surface area contributed by atoms with Crippen molar-refractivity contribution in [3.05, 3.63) is 69.0 Å². The van der Waals surface area contributed by atoms with Crippen molar-refractivity contribution in [2.45, 2.75) is 69.3 Å². The molecule has 0 radical (unpaired) electrons. The minimum atomic E-state index is -1.35. The first kappa shape index (κ1) is 22.9. The van der Waals surface area contributed by atoms with Gasteiger partial charge in [-0.1, -0.05) is 37.3 Å². The Morgan fingerprint density at radius 1 is 1.21 bits per heavy atom. The highest BCUT2D eigenvalue weighted by molar-refractivity contribution is 7.45. The Hall–Kier alpha value is -1.87. The third-order valence-electron chi connectivity index (χ3n) is 6.98. The van der Waals surface area contributed by atoms with Crippen molar-refractivity contribution in [2.75, 3.05) is 13.7 Å². The van der Waals surface area contributed by atoms with Crippen molar-refractivity contribution >= 4 is 8.53 Å². The van der Waals surface area contributed by atoms with Gasteiger partial charge in [-0.05, 0) is 31.7 Å². The second kappa shape index (κ2) is 9.06. The number of aromatic amines is 1. The lowest BCUT2D eigenvalue weighted by Crippen LogP contribution is -2.39. The Balaban J connectivity index is 1.43. The lowest BCUT2D eigenvalue weighted by Gasteiger charge is -2.29. The third kappa shape index (κ3) is 3.91. The minimum absolute atomic E-state index is 0.243. The molecule has 3 saturated heterocycles. The summed E-state index contributed by atoms with van der Waals surface area (Å²) in [4.78, 5) is 26.2. The molecule has 1 aromatic carbocycles. The summed E-state index contributed by atoms with van der Waals surface area (Å²) < 4.78 is 29.1. The maximum absolute atomic E-state index is 12.4. The summed E-state index contributed by atoms with van der Waals surface area (Å²) in [5, 5.41) is 0. The molecular formula is C23H30N3O6P. The molecule has 0 spiro atoms. The van der Waals surface area contributed by atoms with Gasteiger partial charge < -0.3 is 18.5 Å². The monoisotopic (exact) mass is 475 g/mol. The van der Waals surface area contributed by atoms with Gasteiger partial charge in [0.2, 0.25) is 0 Å². The van der Waals surface area contributed by atoms with Gasteiger partial charge in [-0.15, -0.1) is 0 Å². The van der Waals surface area contributed by atoms with Crippen LogP contribution in [0.2, 0.25) is 0 Å². The van der Waals surface area contributed by atoms with E-state index in [9.17, 15) is 9.59 Å². The van der Waals surface area contributed by atoms with Crippen LogP contribution in [0.4, 0.5) is 0 Å². The van der Waals surface area contributed by atoms with Crippen molar-refractivity contribution < 1.29 is 18.5 Å². The zero-order chi connectivity index (χ0) is 23.2. The van der Waals surface area contributed by atoms with Crippen LogP contribution in [0, 0.1) is 0 Å². The minimum Gasteiger partial charge on any atom is -0.374 e. The average Bonchev–Trinajstić information content (AvgIpc) is 3.50. The zero-order valence-corrected chi connectivity index (χ0v) is 19.9. The topological polar surface area (TPSA) is 95.0 Å². The third-order valence-corrected chi connectivity index (χ3v) is 8.84.